The van der Waals surface area contributed by atoms with Gasteiger partial charge in [-0.15, -0.1) is 0 Å². The van der Waals surface area contributed by atoms with Crippen LogP contribution < -0.4 is 9.64 Å². The van der Waals surface area contributed by atoms with E-state index < -0.39 is 0 Å². The third-order valence-electron chi connectivity index (χ3n) is 3.19. The van der Waals surface area contributed by atoms with Crippen LogP contribution in [0.1, 0.15) is 0 Å². The van der Waals surface area contributed by atoms with Gasteiger partial charge in [-0.1, -0.05) is 30.3 Å². The smallest absolute Gasteiger partial charge is 0.142 e. The van der Waals surface area contributed by atoms with Gasteiger partial charge in [0.05, 0.1) is 12.8 Å². The SMILES string of the molecule is C=C(Cl)CN1CCN(c2ccccc2OC)CC1. The Morgan fingerprint density at radius 2 is 1.94 bits per heavy atom. The third-order valence-corrected chi connectivity index (χ3v) is 3.31. The third kappa shape index (κ3) is 3.18. The summed E-state index contributed by atoms with van der Waals surface area (Å²) in [5.74, 6) is 0.938. The summed E-state index contributed by atoms with van der Waals surface area (Å²) in [6, 6.07) is 8.15. The van der Waals surface area contributed by atoms with Crippen LogP contribution in [-0.2, 0) is 0 Å². The Morgan fingerprint density at radius 1 is 1.28 bits per heavy atom. The minimum absolute atomic E-state index is 0.709. The van der Waals surface area contributed by atoms with Gasteiger partial charge < -0.3 is 9.64 Å². The molecule has 4 heteroatoms. The molecule has 0 saturated carbocycles. The summed E-state index contributed by atoms with van der Waals surface area (Å²) in [6.07, 6.45) is 0. The number of piperazine rings is 1. The normalized spacial score (nSPS) is 16.7. The van der Waals surface area contributed by atoms with Crippen LogP contribution in [0.3, 0.4) is 0 Å². The summed E-state index contributed by atoms with van der Waals surface area (Å²) in [4.78, 5) is 4.67. The van der Waals surface area contributed by atoms with Crippen molar-refractivity contribution in [1.29, 1.82) is 0 Å². The quantitative estimate of drug-likeness (QED) is 0.833. The van der Waals surface area contributed by atoms with E-state index in [1.807, 2.05) is 18.2 Å². The molecule has 1 aromatic rings. The number of para-hydroxylation sites is 2. The van der Waals surface area contributed by atoms with Crippen LogP contribution in [0.25, 0.3) is 0 Å². The summed E-state index contributed by atoms with van der Waals surface area (Å²) in [5, 5.41) is 0.709. The predicted molar refractivity (Wildman–Crippen MR) is 76.6 cm³/mol. The summed E-state index contributed by atoms with van der Waals surface area (Å²) in [5.41, 5.74) is 1.17. The fourth-order valence-corrected chi connectivity index (χ4v) is 2.45. The van der Waals surface area contributed by atoms with Crippen molar-refractivity contribution in [2.45, 2.75) is 0 Å². The van der Waals surface area contributed by atoms with Gasteiger partial charge in [0.15, 0.2) is 0 Å². The van der Waals surface area contributed by atoms with E-state index in [0.717, 1.165) is 38.5 Å². The van der Waals surface area contributed by atoms with Crippen LogP contribution in [0.15, 0.2) is 35.9 Å². The highest BCUT2D eigenvalue weighted by Crippen LogP contribution is 2.28. The molecule has 98 valence electrons. The first-order chi connectivity index (χ1) is 8.70. The zero-order chi connectivity index (χ0) is 13.0. The highest BCUT2D eigenvalue weighted by atomic mass is 35.5. The molecule has 0 bridgehead atoms. The Morgan fingerprint density at radius 3 is 2.56 bits per heavy atom. The fraction of sp³-hybridized carbons (Fsp3) is 0.429. The molecule has 1 fully saturated rings. The fourth-order valence-electron chi connectivity index (χ4n) is 2.28. The maximum atomic E-state index is 5.84. The van der Waals surface area contributed by atoms with Gasteiger partial charge in [0.25, 0.3) is 0 Å². The number of anilines is 1. The zero-order valence-electron chi connectivity index (χ0n) is 10.7. The molecule has 1 heterocycles. The van der Waals surface area contributed by atoms with Crippen LogP contribution >= 0.6 is 11.6 Å². The van der Waals surface area contributed by atoms with E-state index in [1.54, 1.807) is 7.11 Å². The lowest BCUT2D eigenvalue weighted by atomic mass is 10.2. The summed E-state index contributed by atoms with van der Waals surface area (Å²) in [7, 11) is 1.71. The molecule has 0 radical (unpaired) electrons. The molecule has 1 aromatic carbocycles. The number of methoxy groups -OCH3 is 1. The summed E-state index contributed by atoms with van der Waals surface area (Å²) in [6.45, 7) is 8.51. The monoisotopic (exact) mass is 266 g/mol. The van der Waals surface area contributed by atoms with Crippen LogP contribution in [0.2, 0.25) is 0 Å². The van der Waals surface area contributed by atoms with Gasteiger partial charge in [-0.05, 0) is 12.1 Å². The average Bonchev–Trinajstić information content (AvgIpc) is 2.39. The topological polar surface area (TPSA) is 15.7 Å². The van der Waals surface area contributed by atoms with Crippen LogP contribution in [0, 0.1) is 0 Å². The number of nitrogens with zero attached hydrogens (tertiary/aromatic N) is 2. The second-order valence-corrected chi connectivity index (χ2v) is 4.99. The Hall–Kier alpha value is -1.19. The number of halogens is 1. The molecule has 0 spiro atoms. The number of rotatable bonds is 4. The molecular formula is C14H19ClN2O. The molecule has 0 amide bonds. The first kappa shape index (κ1) is 13.2. The molecule has 1 aliphatic rings. The van der Waals surface area contributed by atoms with E-state index in [0.29, 0.717) is 5.03 Å². The Bertz CT molecular complexity index is 414. The van der Waals surface area contributed by atoms with Crippen molar-refractivity contribution in [3.8, 4) is 5.75 Å². The highest BCUT2D eigenvalue weighted by molar-refractivity contribution is 6.29. The van der Waals surface area contributed by atoms with Crippen molar-refractivity contribution in [2.75, 3.05) is 44.7 Å². The van der Waals surface area contributed by atoms with Gasteiger partial charge in [0.1, 0.15) is 5.75 Å². The first-order valence-electron chi connectivity index (χ1n) is 6.14. The Labute approximate surface area is 114 Å². The average molecular weight is 267 g/mol. The van der Waals surface area contributed by atoms with E-state index in [1.165, 1.54) is 5.69 Å². The lowest BCUT2D eigenvalue weighted by Crippen LogP contribution is -2.46. The number of hydrogen-bond donors (Lipinski definition) is 0. The van der Waals surface area contributed by atoms with Gasteiger partial charge in [-0.2, -0.15) is 0 Å². The maximum absolute atomic E-state index is 5.84. The zero-order valence-corrected chi connectivity index (χ0v) is 11.5. The van der Waals surface area contributed by atoms with E-state index in [-0.39, 0.29) is 0 Å². The van der Waals surface area contributed by atoms with Gasteiger partial charge in [0, 0.05) is 37.8 Å². The minimum atomic E-state index is 0.709. The van der Waals surface area contributed by atoms with Gasteiger partial charge in [-0.25, -0.2) is 0 Å². The molecule has 0 aliphatic carbocycles. The van der Waals surface area contributed by atoms with Crippen molar-refractivity contribution in [2.24, 2.45) is 0 Å². The molecule has 18 heavy (non-hydrogen) atoms. The molecule has 2 rings (SSSR count). The van der Waals surface area contributed by atoms with E-state index in [2.05, 4.69) is 22.4 Å². The Kier molecular flexibility index (Phi) is 4.50. The number of hydrogen-bond acceptors (Lipinski definition) is 3. The van der Waals surface area contributed by atoms with Gasteiger partial charge >= 0.3 is 0 Å². The maximum Gasteiger partial charge on any atom is 0.142 e. The first-order valence-corrected chi connectivity index (χ1v) is 6.52. The van der Waals surface area contributed by atoms with E-state index >= 15 is 0 Å². The lowest BCUT2D eigenvalue weighted by Gasteiger charge is -2.36. The van der Waals surface area contributed by atoms with Crippen molar-refractivity contribution in [1.82, 2.24) is 4.90 Å². The molecule has 0 N–H and O–H groups in total. The van der Waals surface area contributed by atoms with Crippen molar-refractivity contribution < 1.29 is 4.74 Å². The molecule has 3 nitrogen and oxygen atoms in total. The summed E-state index contributed by atoms with van der Waals surface area (Å²) < 4.78 is 5.40. The lowest BCUT2D eigenvalue weighted by molar-refractivity contribution is 0.281. The molecule has 1 saturated heterocycles. The van der Waals surface area contributed by atoms with Crippen LogP contribution in [0.5, 0.6) is 5.75 Å². The van der Waals surface area contributed by atoms with Crippen LogP contribution in [-0.4, -0.2) is 44.7 Å². The van der Waals surface area contributed by atoms with Crippen molar-refractivity contribution >= 4 is 17.3 Å². The largest absolute Gasteiger partial charge is 0.495 e. The predicted octanol–water partition coefficient (Wildman–Crippen LogP) is 2.57. The van der Waals surface area contributed by atoms with Gasteiger partial charge in [0.2, 0.25) is 0 Å². The van der Waals surface area contributed by atoms with Crippen molar-refractivity contribution in [3.63, 3.8) is 0 Å². The number of benzene rings is 1. The standard InChI is InChI=1S/C14H19ClN2O/c1-12(15)11-16-7-9-17(10-8-16)13-5-3-4-6-14(13)18-2/h3-6H,1,7-11H2,2H3. The second-order valence-electron chi connectivity index (χ2n) is 4.45. The minimum Gasteiger partial charge on any atom is -0.495 e. The van der Waals surface area contributed by atoms with Crippen LogP contribution in [0.4, 0.5) is 5.69 Å². The molecular weight excluding hydrogens is 248 g/mol. The molecule has 0 aromatic heterocycles. The van der Waals surface area contributed by atoms with E-state index in [9.17, 15) is 0 Å². The van der Waals surface area contributed by atoms with Gasteiger partial charge in [-0.3, -0.25) is 4.90 Å². The Balaban J connectivity index is 1.99. The summed E-state index contributed by atoms with van der Waals surface area (Å²) >= 11 is 5.84. The number of ether oxygens (including phenoxy) is 1. The molecule has 0 atom stereocenters. The van der Waals surface area contributed by atoms with Crippen molar-refractivity contribution in [3.05, 3.63) is 35.9 Å². The molecule has 1 aliphatic heterocycles. The van der Waals surface area contributed by atoms with E-state index in [4.69, 9.17) is 16.3 Å². The highest BCUT2D eigenvalue weighted by Gasteiger charge is 2.19. The molecule has 0 unspecified atom stereocenters. The second kappa shape index (κ2) is 6.12.